The predicted octanol–water partition coefficient (Wildman–Crippen LogP) is 3.75. The lowest BCUT2D eigenvalue weighted by Crippen LogP contribution is -2.00. The van der Waals surface area contributed by atoms with Crippen LogP contribution in [0.2, 0.25) is 0 Å². The van der Waals surface area contributed by atoms with E-state index in [0.717, 1.165) is 27.9 Å². The molecule has 0 aliphatic rings. The molecular formula is C15H14N2O. The van der Waals surface area contributed by atoms with E-state index in [1.165, 1.54) is 0 Å². The van der Waals surface area contributed by atoms with Crippen molar-refractivity contribution in [1.82, 2.24) is 4.98 Å². The van der Waals surface area contributed by atoms with Crippen molar-refractivity contribution in [2.75, 3.05) is 5.32 Å². The Morgan fingerprint density at radius 1 is 1.17 bits per heavy atom. The Balaban J connectivity index is 1.89. The number of aryl methyl sites for hydroxylation is 1. The summed E-state index contributed by atoms with van der Waals surface area (Å²) in [5, 5.41) is 4.51. The molecular weight excluding hydrogens is 224 g/mol. The van der Waals surface area contributed by atoms with Gasteiger partial charge in [-0.1, -0.05) is 18.2 Å². The highest BCUT2D eigenvalue weighted by Gasteiger charge is 2.04. The van der Waals surface area contributed by atoms with Gasteiger partial charge in [0.1, 0.15) is 5.76 Å². The molecule has 18 heavy (non-hydrogen) atoms. The minimum absolute atomic E-state index is 0.675. The standard InChI is InChI=1S/C15H14N2O/c1-11-7-9-18-14(11)10-17-13-6-2-4-12-5-3-8-16-15(12)13/h2-9,17H,10H2,1H3. The molecule has 2 heterocycles. The summed E-state index contributed by atoms with van der Waals surface area (Å²) in [6.07, 6.45) is 3.53. The number of nitrogens with zero attached hydrogens (tertiary/aromatic N) is 1. The van der Waals surface area contributed by atoms with E-state index in [1.54, 1.807) is 6.26 Å². The fourth-order valence-corrected chi connectivity index (χ4v) is 2.01. The summed E-state index contributed by atoms with van der Waals surface area (Å²) in [5.74, 6) is 0.961. The highest BCUT2D eigenvalue weighted by atomic mass is 16.3. The average Bonchev–Trinajstić information content (AvgIpc) is 2.82. The van der Waals surface area contributed by atoms with Crippen LogP contribution in [0.4, 0.5) is 5.69 Å². The molecule has 0 radical (unpaired) electrons. The minimum atomic E-state index is 0.675. The zero-order chi connectivity index (χ0) is 12.4. The quantitative estimate of drug-likeness (QED) is 0.755. The molecule has 0 fully saturated rings. The molecule has 0 bridgehead atoms. The van der Waals surface area contributed by atoms with Gasteiger partial charge in [0.25, 0.3) is 0 Å². The van der Waals surface area contributed by atoms with Gasteiger partial charge in [-0.05, 0) is 30.7 Å². The average molecular weight is 238 g/mol. The van der Waals surface area contributed by atoms with Gasteiger partial charge in [-0.25, -0.2) is 0 Å². The van der Waals surface area contributed by atoms with Crippen LogP contribution in [0.3, 0.4) is 0 Å². The van der Waals surface area contributed by atoms with Crippen molar-refractivity contribution in [1.29, 1.82) is 0 Å². The van der Waals surface area contributed by atoms with Crippen molar-refractivity contribution >= 4 is 16.6 Å². The number of pyridine rings is 1. The van der Waals surface area contributed by atoms with Crippen LogP contribution >= 0.6 is 0 Å². The van der Waals surface area contributed by atoms with Gasteiger partial charge in [0.2, 0.25) is 0 Å². The normalized spacial score (nSPS) is 10.7. The summed E-state index contributed by atoms with van der Waals surface area (Å²) in [6, 6.07) is 12.1. The van der Waals surface area contributed by atoms with Gasteiger partial charge < -0.3 is 9.73 Å². The molecule has 3 heteroatoms. The Morgan fingerprint density at radius 2 is 2.06 bits per heavy atom. The molecule has 0 spiro atoms. The molecule has 0 aliphatic carbocycles. The van der Waals surface area contributed by atoms with E-state index >= 15 is 0 Å². The molecule has 1 aromatic carbocycles. The number of furan rings is 1. The topological polar surface area (TPSA) is 38.1 Å². The molecule has 0 saturated heterocycles. The Morgan fingerprint density at radius 3 is 2.89 bits per heavy atom. The summed E-state index contributed by atoms with van der Waals surface area (Å²) in [7, 11) is 0. The van der Waals surface area contributed by atoms with Crippen LogP contribution in [0.25, 0.3) is 10.9 Å². The summed E-state index contributed by atoms with van der Waals surface area (Å²) in [5.41, 5.74) is 3.18. The molecule has 0 amide bonds. The lowest BCUT2D eigenvalue weighted by molar-refractivity contribution is 0.515. The van der Waals surface area contributed by atoms with E-state index in [1.807, 2.05) is 37.4 Å². The van der Waals surface area contributed by atoms with Gasteiger partial charge >= 0.3 is 0 Å². The molecule has 0 saturated carbocycles. The lowest BCUT2D eigenvalue weighted by Gasteiger charge is -2.08. The Labute approximate surface area is 105 Å². The van der Waals surface area contributed by atoms with E-state index in [4.69, 9.17) is 4.42 Å². The Kier molecular flexibility index (Phi) is 2.73. The fourth-order valence-electron chi connectivity index (χ4n) is 2.01. The number of aromatic nitrogens is 1. The Bertz CT molecular complexity index is 668. The van der Waals surface area contributed by atoms with E-state index in [0.29, 0.717) is 6.54 Å². The molecule has 0 aliphatic heterocycles. The molecule has 0 atom stereocenters. The first kappa shape index (κ1) is 10.8. The highest BCUT2D eigenvalue weighted by Crippen LogP contribution is 2.21. The van der Waals surface area contributed by atoms with E-state index in [9.17, 15) is 0 Å². The molecule has 3 aromatic rings. The summed E-state index contributed by atoms with van der Waals surface area (Å²) >= 11 is 0. The number of benzene rings is 1. The number of hydrogen-bond acceptors (Lipinski definition) is 3. The molecule has 2 aromatic heterocycles. The SMILES string of the molecule is Cc1ccoc1CNc1cccc2cccnc12. The number of para-hydroxylation sites is 1. The molecule has 3 nitrogen and oxygen atoms in total. The van der Waals surface area contributed by atoms with Crippen LogP contribution in [0.1, 0.15) is 11.3 Å². The van der Waals surface area contributed by atoms with Crippen molar-refractivity contribution in [3.8, 4) is 0 Å². The largest absolute Gasteiger partial charge is 0.467 e. The van der Waals surface area contributed by atoms with Crippen molar-refractivity contribution < 1.29 is 4.42 Å². The minimum Gasteiger partial charge on any atom is -0.467 e. The smallest absolute Gasteiger partial charge is 0.125 e. The van der Waals surface area contributed by atoms with Gasteiger partial charge in [-0.2, -0.15) is 0 Å². The third kappa shape index (κ3) is 1.95. The van der Waals surface area contributed by atoms with Gasteiger partial charge in [0.15, 0.2) is 0 Å². The maximum Gasteiger partial charge on any atom is 0.125 e. The molecule has 1 N–H and O–H groups in total. The predicted molar refractivity (Wildman–Crippen MR) is 72.5 cm³/mol. The molecule has 90 valence electrons. The van der Waals surface area contributed by atoms with Crippen molar-refractivity contribution in [3.63, 3.8) is 0 Å². The fraction of sp³-hybridized carbons (Fsp3) is 0.133. The van der Waals surface area contributed by atoms with Crippen LogP contribution in [0.5, 0.6) is 0 Å². The van der Waals surface area contributed by atoms with Crippen LogP contribution in [-0.4, -0.2) is 4.98 Å². The maximum atomic E-state index is 5.42. The zero-order valence-electron chi connectivity index (χ0n) is 10.2. The number of fused-ring (bicyclic) bond motifs is 1. The van der Waals surface area contributed by atoms with E-state index in [2.05, 4.69) is 22.4 Å². The Hall–Kier alpha value is -2.29. The van der Waals surface area contributed by atoms with Crippen LogP contribution in [0, 0.1) is 6.92 Å². The second-order valence-electron chi connectivity index (χ2n) is 4.26. The monoisotopic (exact) mass is 238 g/mol. The zero-order valence-corrected chi connectivity index (χ0v) is 10.2. The van der Waals surface area contributed by atoms with Gasteiger partial charge in [0.05, 0.1) is 24.0 Å². The first-order chi connectivity index (χ1) is 8.84. The number of hydrogen-bond donors (Lipinski definition) is 1. The third-order valence-corrected chi connectivity index (χ3v) is 3.04. The number of rotatable bonds is 3. The highest BCUT2D eigenvalue weighted by molar-refractivity contribution is 5.90. The van der Waals surface area contributed by atoms with Crippen molar-refractivity contribution in [2.24, 2.45) is 0 Å². The second kappa shape index (κ2) is 4.53. The van der Waals surface area contributed by atoms with Crippen LogP contribution in [0.15, 0.2) is 53.3 Å². The second-order valence-corrected chi connectivity index (χ2v) is 4.26. The lowest BCUT2D eigenvalue weighted by atomic mass is 10.2. The summed E-state index contributed by atoms with van der Waals surface area (Å²) in [6.45, 7) is 2.72. The third-order valence-electron chi connectivity index (χ3n) is 3.04. The van der Waals surface area contributed by atoms with Crippen molar-refractivity contribution in [2.45, 2.75) is 13.5 Å². The van der Waals surface area contributed by atoms with Gasteiger partial charge in [-0.15, -0.1) is 0 Å². The van der Waals surface area contributed by atoms with Crippen LogP contribution < -0.4 is 5.32 Å². The van der Waals surface area contributed by atoms with Gasteiger partial charge in [0, 0.05) is 11.6 Å². The molecule has 3 rings (SSSR count). The summed E-state index contributed by atoms with van der Waals surface area (Å²) in [4.78, 5) is 4.41. The number of nitrogens with one attached hydrogen (secondary N) is 1. The first-order valence-corrected chi connectivity index (χ1v) is 5.95. The summed E-state index contributed by atoms with van der Waals surface area (Å²) < 4.78 is 5.42. The maximum absolute atomic E-state index is 5.42. The number of anilines is 1. The van der Waals surface area contributed by atoms with E-state index < -0.39 is 0 Å². The molecule has 0 unspecified atom stereocenters. The van der Waals surface area contributed by atoms with Crippen molar-refractivity contribution in [3.05, 3.63) is 60.2 Å². The van der Waals surface area contributed by atoms with Crippen LogP contribution in [-0.2, 0) is 6.54 Å². The van der Waals surface area contributed by atoms with E-state index in [-0.39, 0.29) is 0 Å². The van der Waals surface area contributed by atoms with Gasteiger partial charge in [-0.3, -0.25) is 4.98 Å². The first-order valence-electron chi connectivity index (χ1n) is 5.95.